The van der Waals surface area contributed by atoms with Crippen molar-refractivity contribution in [1.82, 2.24) is 19.6 Å². The van der Waals surface area contributed by atoms with E-state index in [0.717, 1.165) is 17.0 Å². The molecule has 0 bridgehead atoms. The fraction of sp³-hybridized carbons (Fsp3) is 0.281. The summed E-state index contributed by atoms with van der Waals surface area (Å²) < 4.78 is 43.4. The number of fused-ring (bicyclic) bond motifs is 1. The lowest BCUT2D eigenvalue weighted by molar-refractivity contribution is -0.141. The van der Waals surface area contributed by atoms with E-state index in [-0.39, 0.29) is 18.0 Å². The first-order valence-electron chi connectivity index (χ1n) is 13.6. The quantitative estimate of drug-likeness (QED) is 0.215. The van der Waals surface area contributed by atoms with Crippen molar-refractivity contribution in [3.8, 4) is 17.2 Å². The van der Waals surface area contributed by atoms with Crippen LogP contribution in [0.25, 0.3) is 11.1 Å². The minimum absolute atomic E-state index is 0.00188. The molecule has 2 aromatic carbocycles. The van der Waals surface area contributed by atoms with E-state index in [2.05, 4.69) is 28.2 Å². The van der Waals surface area contributed by atoms with E-state index in [1.807, 2.05) is 31.3 Å². The number of halogens is 3. The number of rotatable bonds is 8. The maximum absolute atomic E-state index is 14.0. The summed E-state index contributed by atoms with van der Waals surface area (Å²) in [5.41, 5.74) is 2.18. The zero-order valence-corrected chi connectivity index (χ0v) is 24.1. The first-order chi connectivity index (χ1) is 20.2. The van der Waals surface area contributed by atoms with Crippen molar-refractivity contribution in [2.75, 3.05) is 20.1 Å². The van der Waals surface area contributed by atoms with Crippen LogP contribution in [0.2, 0.25) is 0 Å². The molecule has 1 aliphatic rings. The maximum atomic E-state index is 14.0. The number of amides is 1. The van der Waals surface area contributed by atoms with Crippen LogP contribution in [0.1, 0.15) is 45.0 Å². The van der Waals surface area contributed by atoms with Crippen molar-refractivity contribution < 1.29 is 18.0 Å². The second-order valence-corrected chi connectivity index (χ2v) is 11.4. The highest BCUT2D eigenvalue weighted by Crippen LogP contribution is 2.44. The fourth-order valence-corrected chi connectivity index (χ4v) is 6.38. The van der Waals surface area contributed by atoms with Gasteiger partial charge in [-0.1, -0.05) is 60.7 Å². The summed E-state index contributed by atoms with van der Waals surface area (Å²) in [5.74, 6) is -0.592. The van der Waals surface area contributed by atoms with Crippen LogP contribution in [0, 0.1) is 11.3 Å². The summed E-state index contributed by atoms with van der Waals surface area (Å²) in [5, 5.41) is 13.4. The topological polar surface area (TPSA) is 65.2 Å². The van der Waals surface area contributed by atoms with Gasteiger partial charge in [0.15, 0.2) is 5.69 Å². The molecule has 0 unspecified atom stereocenters. The lowest BCUT2D eigenvalue weighted by atomic mass is 9.83. The first-order valence-corrected chi connectivity index (χ1v) is 14.4. The van der Waals surface area contributed by atoms with Crippen LogP contribution in [0.15, 0.2) is 79.0 Å². The Bertz CT molecular complexity index is 1630. The lowest BCUT2D eigenvalue weighted by Crippen LogP contribution is -2.37. The number of hydrogen-bond donors (Lipinski definition) is 0. The highest BCUT2D eigenvalue weighted by atomic mass is 32.1. The summed E-state index contributed by atoms with van der Waals surface area (Å²) >= 11 is 1.32. The number of hydrogen-bond acceptors (Lipinski definition) is 5. The molecule has 0 aliphatic carbocycles. The molecule has 5 rings (SSSR count). The molecular weight excluding hydrogens is 559 g/mol. The second-order valence-electron chi connectivity index (χ2n) is 10.3. The minimum Gasteiger partial charge on any atom is -0.333 e. The van der Waals surface area contributed by atoms with E-state index >= 15 is 0 Å². The van der Waals surface area contributed by atoms with Gasteiger partial charge in [-0.2, -0.15) is 23.5 Å². The molecule has 6 nitrogen and oxygen atoms in total. The number of alkyl halides is 3. The number of thiophene rings is 1. The molecule has 1 amide bonds. The summed E-state index contributed by atoms with van der Waals surface area (Å²) in [7, 11) is 1.98. The normalized spacial score (nSPS) is 15.3. The molecule has 0 radical (unpaired) electrons. The molecule has 1 aliphatic heterocycles. The van der Waals surface area contributed by atoms with Crippen LogP contribution in [0.3, 0.4) is 0 Å². The van der Waals surface area contributed by atoms with Gasteiger partial charge in [-0.25, -0.2) is 0 Å². The molecule has 0 fully saturated rings. The van der Waals surface area contributed by atoms with Gasteiger partial charge in [0.05, 0.1) is 6.54 Å². The van der Waals surface area contributed by atoms with E-state index in [4.69, 9.17) is 0 Å². The number of carbonyl (C=O) groups is 1. The van der Waals surface area contributed by atoms with Gasteiger partial charge < -0.3 is 4.90 Å². The number of nitrogens with zero attached hydrogens (tertiary/aromatic N) is 5. The average Bonchev–Trinajstić information content (AvgIpc) is 3.62. The zero-order chi connectivity index (χ0) is 29.9. The second kappa shape index (κ2) is 12.3. The first kappa shape index (κ1) is 29.3. The summed E-state index contributed by atoms with van der Waals surface area (Å²) in [6, 6.07) is 21.0. The minimum atomic E-state index is -4.63. The van der Waals surface area contributed by atoms with Gasteiger partial charge in [0.2, 0.25) is 5.91 Å². The smallest absolute Gasteiger partial charge is 0.333 e. The Morgan fingerprint density at radius 3 is 2.60 bits per heavy atom. The molecule has 10 heteroatoms. The van der Waals surface area contributed by atoms with E-state index in [1.54, 1.807) is 48.2 Å². The Labute approximate surface area is 246 Å². The maximum Gasteiger partial charge on any atom is 0.435 e. The summed E-state index contributed by atoms with van der Waals surface area (Å²) in [4.78, 5) is 18.5. The van der Waals surface area contributed by atoms with Gasteiger partial charge in [-0.3, -0.25) is 14.4 Å². The number of aryl methyl sites for hydroxylation is 1. The Kier molecular flexibility index (Phi) is 8.61. The predicted octanol–water partition coefficient (Wildman–Crippen LogP) is 6.68. The number of likely N-dealkylation sites (N-methyl/N-ethyl adjacent to an activating group) is 1. The lowest BCUT2D eigenvalue weighted by Gasteiger charge is -2.33. The van der Waals surface area contributed by atoms with Crippen LogP contribution in [-0.4, -0.2) is 45.6 Å². The Morgan fingerprint density at radius 2 is 1.88 bits per heavy atom. The van der Waals surface area contributed by atoms with E-state index in [1.165, 1.54) is 27.8 Å². The Morgan fingerprint density at radius 1 is 1.14 bits per heavy atom. The summed E-state index contributed by atoms with van der Waals surface area (Å²) in [6.07, 6.45) is 0.184. The Hall–Kier alpha value is -4.20. The number of nitriles is 1. The summed E-state index contributed by atoms with van der Waals surface area (Å²) in [6.45, 7) is 3.96. The third kappa shape index (κ3) is 6.32. The molecular formula is C32H30F3N5OS. The van der Waals surface area contributed by atoms with Crippen molar-refractivity contribution in [3.63, 3.8) is 0 Å². The monoisotopic (exact) mass is 589 g/mol. The van der Waals surface area contributed by atoms with E-state index in [0.29, 0.717) is 35.6 Å². The van der Waals surface area contributed by atoms with Crippen molar-refractivity contribution in [2.45, 2.75) is 38.7 Å². The van der Waals surface area contributed by atoms with Crippen LogP contribution >= 0.6 is 11.3 Å². The molecule has 0 saturated carbocycles. The van der Waals surface area contributed by atoms with Crippen LogP contribution in [0.5, 0.6) is 0 Å². The number of aromatic nitrogens is 2. The van der Waals surface area contributed by atoms with Crippen molar-refractivity contribution in [3.05, 3.63) is 111 Å². The van der Waals surface area contributed by atoms with Crippen LogP contribution in [-0.2, 0) is 30.6 Å². The standard InChI is InChI=1S/C32H30F3N5OS/c1-3-40-20-28(31(37-40)32(33,34)35)25-13-8-7-12-24(25)27-19-39(21-29-26(27)16-23(17-36)42-29)30(41)14-9-15-38(2)18-22-10-5-4-6-11-22/h4-14,16,20,27H,3,15,18-19,21H2,1-2H3/b14-9+/t27-/m0/s1. The number of carbonyl (C=O) groups excluding carboxylic acids is 1. The molecule has 0 N–H and O–H groups in total. The fourth-order valence-electron chi connectivity index (χ4n) is 5.34. The molecule has 4 aromatic rings. The molecule has 216 valence electrons. The molecule has 0 saturated heterocycles. The highest BCUT2D eigenvalue weighted by Gasteiger charge is 2.39. The van der Waals surface area contributed by atoms with Crippen molar-refractivity contribution in [1.29, 1.82) is 5.26 Å². The molecule has 2 aromatic heterocycles. The molecule has 3 heterocycles. The third-order valence-electron chi connectivity index (χ3n) is 7.33. The zero-order valence-electron chi connectivity index (χ0n) is 23.3. The van der Waals surface area contributed by atoms with Crippen molar-refractivity contribution >= 4 is 17.2 Å². The molecule has 0 spiro atoms. The van der Waals surface area contributed by atoms with Gasteiger partial charge in [-0.05, 0) is 42.3 Å². The average molecular weight is 590 g/mol. The SMILES string of the molecule is CCn1cc(-c2ccccc2[C@@H]2CN(C(=O)/C=C/CN(C)Cc3ccccc3)Cc3sc(C#N)cc32)c(C(F)(F)F)n1. The Balaban J connectivity index is 1.44. The molecule has 42 heavy (non-hydrogen) atoms. The van der Waals surface area contributed by atoms with E-state index < -0.39 is 17.8 Å². The molecule has 1 atom stereocenters. The van der Waals surface area contributed by atoms with Crippen LogP contribution in [0.4, 0.5) is 13.2 Å². The number of benzene rings is 2. The largest absolute Gasteiger partial charge is 0.435 e. The predicted molar refractivity (Wildman–Crippen MR) is 157 cm³/mol. The van der Waals surface area contributed by atoms with Crippen molar-refractivity contribution in [2.24, 2.45) is 0 Å². The van der Waals surface area contributed by atoms with Gasteiger partial charge in [-0.15, -0.1) is 11.3 Å². The van der Waals surface area contributed by atoms with Gasteiger partial charge in [0, 0.05) is 54.8 Å². The van der Waals surface area contributed by atoms with Gasteiger partial charge in [0.25, 0.3) is 0 Å². The van der Waals surface area contributed by atoms with E-state index in [9.17, 15) is 23.2 Å². The van der Waals surface area contributed by atoms with Gasteiger partial charge in [0.1, 0.15) is 10.9 Å². The van der Waals surface area contributed by atoms with Crippen LogP contribution < -0.4 is 0 Å². The van der Waals surface area contributed by atoms with Gasteiger partial charge >= 0.3 is 6.18 Å². The highest BCUT2D eigenvalue weighted by molar-refractivity contribution is 7.12. The third-order valence-corrected chi connectivity index (χ3v) is 8.37.